The van der Waals surface area contributed by atoms with Crippen LogP contribution in [0.4, 0.5) is 10.1 Å². The van der Waals surface area contributed by atoms with Crippen LogP contribution in [0, 0.1) is 12.7 Å². The molecule has 2 rings (SSSR count). The van der Waals surface area contributed by atoms with E-state index in [0.29, 0.717) is 0 Å². The molecule has 1 aromatic rings. The first-order valence-electron chi connectivity index (χ1n) is 5.73. The summed E-state index contributed by atoms with van der Waals surface area (Å²) in [5.74, 6) is -0.138. The van der Waals surface area contributed by atoms with Crippen molar-refractivity contribution in [2.75, 3.05) is 18.0 Å². The lowest BCUT2D eigenvalue weighted by Gasteiger charge is -2.37. The lowest BCUT2D eigenvalue weighted by Crippen LogP contribution is -2.46. The Balaban J connectivity index is 2.29. The fourth-order valence-electron chi connectivity index (χ4n) is 2.38. The topological polar surface area (TPSA) is 12.5 Å². The third-order valence-corrected chi connectivity index (χ3v) is 2.92. The highest BCUT2D eigenvalue weighted by Gasteiger charge is 2.24. The van der Waals surface area contributed by atoms with Crippen LogP contribution in [0.5, 0.6) is 0 Å². The SMILES string of the molecule is Cc1cccc(F)c1N1CC(C)OC(C)C1. The number of aryl methyl sites for hydroxylation is 1. The van der Waals surface area contributed by atoms with E-state index in [-0.39, 0.29) is 18.0 Å². The zero-order chi connectivity index (χ0) is 11.7. The van der Waals surface area contributed by atoms with Crippen molar-refractivity contribution in [1.29, 1.82) is 0 Å². The van der Waals surface area contributed by atoms with Crippen LogP contribution >= 0.6 is 0 Å². The van der Waals surface area contributed by atoms with Gasteiger partial charge in [0.2, 0.25) is 0 Å². The minimum atomic E-state index is -0.138. The van der Waals surface area contributed by atoms with Gasteiger partial charge in [-0.1, -0.05) is 12.1 Å². The number of halogens is 1. The van der Waals surface area contributed by atoms with Gasteiger partial charge in [-0.2, -0.15) is 0 Å². The van der Waals surface area contributed by atoms with Crippen molar-refractivity contribution in [1.82, 2.24) is 0 Å². The Bertz CT molecular complexity index is 350. The van der Waals surface area contributed by atoms with Gasteiger partial charge in [0.15, 0.2) is 0 Å². The summed E-state index contributed by atoms with van der Waals surface area (Å²) in [7, 11) is 0. The zero-order valence-electron chi connectivity index (χ0n) is 10.0. The van der Waals surface area contributed by atoms with Gasteiger partial charge in [-0.05, 0) is 32.4 Å². The van der Waals surface area contributed by atoms with Gasteiger partial charge in [-0.25, -0.2) is 4.39 Å². The van der Waals surface area contributed by atoms with Crippen molar-refractivity contribution < 1.29 is 9.13 Å². The Morgan fingerprint density at radius 3 is 2.44 bits per heavy atom. The molecule has 0 radical (unpaired) electrons. The number of ether oxygens (including phenoxy) is 1. The Hall–Kier alpha value is -1.09. The maximum atomic E-state index is 13.8. The fourth-order valence-corrected chi connectivity index (χ4v) is 2.38. The van der Waals surface area contributed by atoms with Gasteiger partial charge in [0.1, 0.15) is 5.82 Å². The molecule has 0 aliphatic carbocycles. The highest BCUT2D eigenvalue weighted by Crippen LogP contribution is 2.26. The molecular weight excluding hydrogens is 205 g/mol. The lowest BCUT2D eigenvalue weighted by atomic mass is 10.1. The van der Waals surface area contributed by atoms with Crippen LogP contribution in [-0.2, 0) is 4.74 Å². The van der Waals surface area contributed by atoms with E-state index >= 15 is 0 Å². The summed E-state index contributed by atoms with van der Waals surface area (Å²) in [4.78, 5) is 2.09. The van der Waals surface area contributed by atoms with E-state index < -0.39 is 0 Å². The molecule has 1 aliphatic rings. The Morgan fingerprint density at radius 1 is 1.25 bits per heavy atom. The summed E-state index contributed by atoms with van der Waals surface area (Å²) in [6.07, 6.45) is 0.311. The van der Waals surface area contributed by atoms with Crippen LogP contribution in [0.2, 0.25) is 0 Å². The van der Waals surface area contributed by atoms with Crippen molar-refractivity contribution in [2.24, 2.45) is 0 Å². The average Bonchev–Trinajstić information content (AvgIpc) is 2.15. The monoisotopic (exact) mass is 223 g/mol. The van der Waals surface area contributed by atoms with E-state index in [9.17, 15) is 4.39 Å². The molecule has 0 bridgehead atoms. The fraction of sp³-hybridized carbons (Fsp3) is 0.538. The molecule has 2 atom stereocenters. The van der Waals surface area contributed by atoms with E-state index in [1.165, 1.54) is 6.07 Å². The van der Waals surface area contributed by atoms with E-state index in [1.807, 2.05) is 26.8 Å². The molecule has 16 heavy (non-hydrogen) atoms. The van der Waals surface area contributed by atoms with E-state index in [1.54, 1.807) is 6.07 Å². The molecule has 1 fully saturated rings. The van der Waals surface area contributed by atoms with Crippen LogP contribution in [-0.4, -0.2) is 25.3 Å². The van der Waals surface area contributed by atoms with Gasteiger partial charge < -0.3 is 9.64 Å². The van der Waals surface area contributed by atoms with Crippen molar-refractivity contribution in [3.05, 3.63) is 29.6 Å². The number of benzene rings is 1. The minimum absolute atomic E-state index is 0.138. The van der Waals surface area contributed by atoms with Crippen molar-refractivity contribution in [2.45, 2.75) is 33.0 Å². The molecule has 1 aromatic carbocycles. The molecule has 1 aliphatic heterocycles. The molecule has 1 saturated heterocycles. The molecule has 0 N–H and O–H groups in total. The zero-order valence-corrected chi connectivity index (χ0v) is 10.0. The van der Waals surface area contributed by atoms with Crippen LogP contribution in [0.3, 0.4) is 0 Å². The molecule has 2 nitrogen and oxygen atoms in total. The first-order valence-corrected chi connectivity index (χ1v) is 5.73. The van der Waals surface area contributed by atoms with Crippen LogP contribution in [0.25, 0.3) is 0 Å². The lowest BCUT2D eigenvalue weighted by molar-refractivity contribution is -0.00542. The van der Waals surface area contributed by atoms with E-state index in [4.69, 9.17) is 4.74 Å². The third kappa shape index (κ3) is 2.19. The Morgan fingerprint density at radius 2 is 1.88 bits per heavy atom. The van der Waals surface area contributed by atoms with Crippen molar-refractivity contribution in [3.8, 4) is 0 Å². The average molecular weight is 223 g/mol. The van der Waals surface area contributed by atoms with Gasteiger partial charge in [-0.3, -0.25) is 0 Å². The number of anilines is 1. The third-order valence-electron chi connectivity index (χ3n) is 2.92. The second-order valence-electron chi connectivity index (χ2n) is 4.57. The summed E-state index contributed by atoms with van der Waals surface area (Å²) in [5, 5.41) is 0. The minimum Gasteiger partial charge on any atom is -0.372 e. The Labute approximate surface area is 96.0 Å². The molecule has 0 aromatic heterocycles. The van der Waals surface area contributed by atoms with Crippen LogP contribution in [0.1, 0.15) is 19.4 Å². The molecule has 88 valence electrons. The standard InChI is InChI=1S/C13H18FNO/c1-9-5-4-6-12(14)13(9)15-7-10(2)16-11(3)8-15/h4-6,10-11H,7-8H2,1-3H3. The number of morpholine rings is 1. The van der Waals surface area contributed by atoms with Crippen LogP contribution < -0.4 is 4.90 Å². The number of hydrogen-bond donors (Lipinski definition) is 0. The summed E-state index contributed by atoms with van der Waals surface area (Å²) in [6, 6.07) is 5.22. The number of rotatable bonds is 1. The maximum absolute atomic E-state index is 13.8. The van der Waals surface area contributed by atoms with Crippen molar-refractivity contribution in [3.63, 3.8) is 0 Å². The molecular formula is C13H18FNO. The summed E-state index contributed by atoms with van der Waals surface area (Å²) in [6.45, 7) is 7.51. The predicted octanol–water partition coefficient (Wildman–Crippen LogP) is 2.75. The number of nitrogens with zero attached hydrogens (tertiary/aromatic N) is 1. The van der Waals surface area contributed by atoms with Gasteiger partial charge in [0.25, 0.3) is 0 Å². The van der Waals surface area contributed by atoms with Gasteiger partial charge >= 0.3 is 0 Å². The summed E-state index contributed by atoms with van der Waals surface area (Å²) in [5.41, 5.74) is 1.71. The molecule has 0 spiro atoms. The number of hydrogen-bond acceptors (Lipinski definition) is 2. The summed E-state index contributed by atoms with van der Waals surface area (Å²) >= 11 is 0. The number of para-hydroxylation sites is 1. The molecule has 3 heteroatoms. The predicted molar refractivity (Wildman–Crippen MR) is 63.4 cm³/mol. The highest BCUT2D eigenvalue weighted by molar-refractivity contribution is 5.54. The largest absolute Gasteiger partial charge is 0.372 e. The van der Waals surface area contributed by atoms with E-state index in [2.05, 4.69) is 4.90 Å². The highest BCUT2D eigenvalue weighted by atomic mass is 19.1. The van der Waals surface area contributed by atoms with Crippen molar-refractivity contribution >= 4 is 5.69 Å². The Kier molecular flexibility index (Phi) is 3.15. The van der Waals surface area contributed by atoms with E-state index in [0.717, 1.165) is 24.3 Å². The molecule has 1 heterocycles. The second kappa shape index (κ2) is 4.42. The molecule has 0 amide bonds. The smallest absolute Gasteiger partial charge is 0.146 e. The van der Waals surface area contributed by atoms with Gasteiger partial charge in [0.05, 0.1) is 17.9 Å². The van der Waals surface area contributed by atoms with Gasteiger partial charge in [0, 0.05) is 13.1 Å². The van der Waals surface area contributed by atoms with Gasteiger partial charge in [-0.15, -0.1) is 0 Å². The summed E-state index contributed by atoms with van der Waals surface area (Å²) < 4.78 is 19.5. The normalized spacial score (nSPS) is 25.9. The second-order valence-corrected chi connectivity index (χ2v) is 4.57. The molecule has 2 unspecified atom stereocenters. The quantitative estimate of drug-likeness (QED) is 0.726. The molecule has 0 saturated carbocycles. The first-order chi connectivity index (χ1) is 7.58. The first kappa shape index (κ1) is 11.4. The van der Waals surface area contributed by atoms with Crippen LogP contribution in [0.15, 0.2) is 18.2 Å². The maximum Gasteiger partial charge on any atom is 0.146 e.